The molecule has 5 aliphatic rings. The molecule has 5 heterocycles. The molecule has 4 aliphatic heterocycles. The molecule has 200 valence electrons. The van der Waals surface area contributed by atoms with Gasteiger partial charge in [-0.05, 0) is 42.8 Å². The fourth-order valence-electron chi connectivity index (χ4n) is 7.21. The number of rotatable bonds is 3. The topological polar surface area (TPSA) is 117 Å². The van der Waals surface area contributed by atoms with Gasteiger partial charge in [0.1, 0.15) is 12.6 Å². The smallest absolute Gasteiger partial charge is 0.663 e. The number of benzene rings is 1. The number of hydrogen-bond donors (Lipinski definition) is 2. The molecular formula is C28H32N5NaO5. The number of aromatic nitrogens is 1. The third-order valence-electron chi connectivity index (χ3n) is 9.22. The van der Waals surface area contributed by atoms with Crippen molar-refractivity contribution in [3.05, 3.63) is 41.6 Å². The maximum Gasteiger partial charge on any atom is 1.00 e. The van der Waals surface area contributed by atoms with Crippen LogP contribution in [0.5, 0.6) is 0 Å². The van der Waals surface area contributed by atoms with Gasteiger partial charge in [0.2, 0.25) is 17.5 Å². The Morgan fingerprint density at radius 2 is 2.08 bits per heavy atom. The van der Waals surface area contributed by atoms with Crippen LogP contribution in [-0.2, 0) is 25.5 Å². The van der Waals surface area contributed by atoms with Crippen LogP contribution < -0.4 is 39.9 Å². The van der Waals surface area contributed by atoms with E-state index in [2.05, 4.69) is 21.3 Å². The summed E-state index contributed by atoms with van der Waals surface area (Å²) in [5.74, 6) is -4.12. The summed E-state index contributed by atoms with van der Waals surface area (Å²) in [6.07, 6.45) is 6.04. The third-order valence-corrected chi connectivity index (χ3v) is 9.22. The summed E-state index contributed by atoms with van der Waals surface area (Å²) < 4.78 is 6.22. The number of nitrogens with zero attached hydrogens (tertiary/aromatic N) is 4. The van der Waals surface area contributed by atoms with Crippen molar-refractivity contribution in [2.75, 3.05) is 26.7 Å². The number of carbonyl (C=O) groups is 3. The van der Waals surface area contributed by atoms with Gasteiger partial charge in [-0.2, -0.15) is 6.20 Å². The standard InChI is InChI=1S/C28H32N5O5.Na/c1-15(2)27(26(36)33-14-23(34)32-9-5-8-22(32)28(33,37)38-27)30-25(35)17-10-19-18-6-4-7-20-24(18)16(12-29-20)11-21(19)31(3)13-17;/h4,6-7,10,12,15,17,21-22,37H,5,8-9,11,13-14H2,1-3H3,(H,30,35);/q-1;+1/t17-,21-,22+,27+,28+;/m1./s1. The van der Waals surface area contributed by atoms with Gasteiger partial charge in [0.15, 0.2) is 0 Å². The molecule has 1 aromatic heterocycles. The van der Waals surface area contributed by atoms with E-state index in [-0.39, 0.29) is 54.0 Å². The Morgan fingerprint density at radius 3 is 2.85 bits per heavy atom. The van der Waals surface area contributed by atoms with E-state index in [1.54, 1.807) is 18.7 Å². The average molecular weight is 542 g/mol. The van der Waals surface area contributed by atoms with Crippen LogP contribution in [0.4, 0.5) is 0 Å². The second-order valence-electron chi connectivity index (χ2n) is 11.6. The quantitative estimate of drug-likeness (QED) is 0.418. The van der Waals surface area contributed by atoms with Crippen LogP contribution in [0, 0.1) is 11.8 Å². The Balaban J connectivity index is 0.00000277. The van der Waals surface area contributed by atoms with E-state index in [0.29, 0.717) is 19.5 Å². The molecule has 3 saturated heterocycles. The van der Waals surface area contributed by atoms with E-state index in [9.17, 15) is 19.5 Å². The Hall–Kier alpha value is -2.21. The van der Waals surface area contributed by atoms with Crippen LogP contribution in [0.1, 0.15) is 37.8 Å². The second-order valence-corrected chi connectivity index (χ2v) is 11.6. The maximum absolute atomic E-state index is 13.9. The molecule has 1 aliphatic carbocycles. The summed E-state index contributed by atoms with van der Waals surface area (Å²) in [5, 5.41) is 15.7. The van der Waals surface area contributed by atoms with Crippen molar-refractivity contribution in [2.45, 2.75) is 56.8 Å². The molecule has 0 unspecified atom stereocenters. The van der Waals surface area contributed by atoms with Crippen molar-refractivity contribution in [3.63, 3.8) is 0 Å². The first-order valence-electron chi connectivity index (χ1n) is 13.5. The van der Waals surface area contributed by atoms with Gasteiger partial charge in [-0.25, -0.2) is 0 Å². The Morgan fingerprint density at radius 1 is 1.28 bits per heavy atom. The summed E-state index contributed by atoms with van der Waals surface area (Å²) in [5.41, 5.74) is 2.58. The summed E-state index contributed by atoms with van der Waals surface area (Å²) in [7, 11) is 2.01. The van der Waals surface area contributed by atoms with Gasteiger partial charge in [-0.15, -0.1) is 5.52 Å². The third kappa shape index (κ3) is 3.65. The number of aliphatic hydroxyl groups is 1. The van der Waals surface area contributed by atoms with Crippen LogP contribution in [0.25, 0.3) is 16.5 Å². The molecule has 0 bridgehead atoms. The van der Waals surface area contributed by atoms with Gasteiger partial charge in [0.25, 0.3) is 11.8 Å². The fraction of sp³-hybridized carbons (Fsp3) is 0.536. The van der Waals surface area contributed by atoms with E-state index < -0.39 is 35.4 Å². The van der Waals surface area contributed by atoms with E-state index in [4.69, 9.17) is 4.74 Å². The van der Waals surface area contributed by atoms with E-state index in [0.717, 1.165) is 39.8 Å². The largest absolute Gasteiger partial charge is 1.00 e. The first kappa shape index (κ1) is 27.0. The maximum atomic E-state index is 13.9. The van der Waals surface area contributed by atoms with Crippen molar-refractivity contribution in [2.24, 2.45) is 11.8 Å². The van der Waals surface area contributed by atoms with Gasteiger partial charge >= 0.3 is 29.6 Å². The molecule has 0 spiro atoms. The molecule has 1 aromatic carbocycles. The first-order chi connectivity index (χ1) is 18.1. The van der Waals surface area contributed by atoms with Gasteiger partial charge in [0, 0.05) is 25.0 Å². The predicted octanol–water partition coefficient (Wildman–Crippen LogP) is -2.35. The zero-order valence-electron chi connectivity index (χ0n) is 22.8. The number of amides is 3. The zero-order chi connectivity index (χ0) is 26.6. The fourth-order valence-corrected chi connectivity index (χ4v) is 7.21. The first-order valence-corrected chi connectivity index (χ1v) is 13.5. The summed E-state index contributed by atoms with van der Waals surface area (Å²) in [6.45, 7) is 4.29. The minimum absolute atomic E-state index is 0. The number of ether oxygens (including phenoxy) is 1. The summed E-state index contributed by atoms with van der Waals surface area (Å²) >= 11 is 0. The molecule has 0 saturated carbocycles. The minimum atomic E-state index is -1.97. The second kappa shape index (κ2) is 9.15. The molecule has 7 rings (SSSR count). The molecule has 0 radical (unpaired) electrons. The number of piperazine rings is 1. The van der Waals surface area contributed by atoms with Crippen LogP contribution in [0.15, 0.2) is 30.5 Å². The predicted molar refractivity (Wildman–Crippen MR) is 137 cm³/mol. The molecule has 5 atom stereocenters. The van der Waals surface area contributed by atoms with Gasteiger partial charge < -0.3 is 20.3 Å². The summed E-state index contributed by atoms with van der Waals surface area (Å²) in [4.78, 5) is 49.9. The number of likely N-dealkylation sites (N-methyl/N-ethyl adjacent to an activating group) is 1. The van der Waals surface area contributed by atoms with Gasteiger partial charge in [0.05, 0.1) is 5.92 Å². The molecule has 2 aromatic rings. The monoisotopic (exact) mass is 541 g/mol. The van der Waals surface area contributed by atoms with Crippen molar-refractivity contribution in [3.8, 4) is 0 Å². The SMILES string of the molecule is CC(C)[C@]1(NC(=O)[C@@H]2C=C3c4cccc5[n-]cc(c45)C[C@H]3N(C)C2)O[C@@]2(O)[C@@H]3CCCN3C(=O)CN2C1=O.[Na+]. The van der Waals surface area contributed by atoms with Crippen molar-refractivity contribution in [1.82, 2.24) is 25.0 Å². The van der Waals surface area contributed by atoms with Crippen molar-refractivity contribution < 1.29 is 53.8 Å². The van der Waals surface area contributed by atoms with Crippen LogP contribution in [0.2, 0.25) is 0 Å². The van der Waals surface area contributed by atoms with Crippen molar-refractivity contribution >= 4 is 34.2 Å². The molecule has 2 N–H and O–H groups in total. The van der Waals surface area contributed by atoms with E-state index in [1.807, 2.05) is 31.5 Å². The minimum Gasteiger partial charge on any atom is -0.663 e. The summed E-state index contributed by atoms with van der Waals surface area (Å²) in [6, 6.07) is 5.56. The number of carbonyl (C=O) groups excluding carboxylic acids is 3. The van der Waals surface area contributed by atoms with Gasteiger partial charge in [-0.1, -0.05) is 43.7 Å². The number of hydrogen-bond acceptors (Lipinski definition) is 6. The van der Waals surface area contributed by atoms with Crippen LogP contribution >= 0.6 is 0 Å². The molecule has 10 nitrogen and oxygen atoms in total. The van der Waals surface area contributed by atoms with E-state index in [1.165, 1.54) is 5.56 Å². The normalized spacial score (nSPS) is 33.6. The van der Waals surface area contributed by atoms with Crippen molar-refractivity contribution in [1.29, 1.82) is 0 Å². The molecule has 39 heavy (non-hydrogen) atoms. The van der Waals surface area contributed by atoms with E-state index >= 15 is 0 Å². The Labute approximate surface area is 249 Å². The van der Waals surface area contributed by atoms with Crippen LogP contribution in [0.3, 0.4) is 0 Å². The average Bonchev–Trinajstić information content (AvgIpc) is 3.59. The zero-order valence-corrected chi connectivity index (χ0v) is 24.8. The number of nitrogens with one attached hydrogen (secondary N) is 1. The Bertz CT molecular complexity index is 1420. The number of fused-ring (bicyclic) bond motifs is 5. The molecule has 3 fully saturated rings. The van der Waals surface area contributed by atoms with Crippen LogP contribution in [-0.4, -0.2) is 87.9 Å². The molecule has 3 amide bonds. The Kier molecular flexibility index (Phi) is 6.33. The molecular weight excluding hydrogens is 509 g/mol. The van der Waals surface area contributed by atoms with Gasteiger partial charge in [-0.3, -0.25) is 28.9 Å². The molecule has 11 heteroatoms.